The van der Waals surface area contributed by atoms with Crippen molar-refractivity contribution in [1.82, 2.24) is 15.3 Å². The molecule has 0 amide bonds. The molecule has 0 bridgehead atoms. The topological polar surface area (TPSA) is 37.8 Å². The van der Waals surface area contributed by atoms with Gasteiger partial charge in [0.25, 0.3) is 0 Å². The van der Waals surface area contributed by atoms with Gasteiger partial charge < -0.3 is 5.32 Å². The van der Waals surface area contributed by atoms with E-state index in [-0.39, 0.29) is 0 Å². The molecule has 3 aliphatic rings. The number of nitrogens with one attached hydrogen (secondary N) is 1. The average molecular weight is 285 g/mol. The van der Waals surface area contributed by atoms with Gasteiger partial charge in [-0.05, 0) is 63.0 Å². The molecule has 114 valence electrons. The second-order valence-electron chi connectivity index (χ2n) is 7.33. The molecule has 1 aromatic heterocycles. The third-order valence-corrected chi connectivity index (χ3v) is 5.51. The predicted octanol–water partition coefficient (Wildman–Crippen LogP) is 3.38. The summed E-state index contributed by atoms with van der Waals surface area (Å²) in [7, 11) is 0. The standard InChI is InChI=1S/C18H27N3/c1-2-4-14(5-3-1)18-20-12-15-10-13(6-9-17(15)21-18)11-19-16-7-8-16/h12-14,16,19H,1-11H2. The molecule has 2 saturated carbocycles. The van der Waals surface area contributed by atoms with Crippen molar-refractivity contribution in [1.29, 1.82) is 0 Å². The zero-order valence-corrected chi connectivity index (χ0v) is 13.0. The first-order valence-corrected chi connectivity index (χ1v) is 8.96. The molecule has 1 heterocycles. The van der Waals surface area contributed by atoms with Crippen LogP contribution >= 0.6 is 0 Å². The Morgan fingerprint density at radius 3 is 2.71 bits per heavy atom. The van der Waals surface area contributed by atoms with Crippen molar-refractivity contribution in [2.75, 3.05) is 6.54 Å². The zero-order valence-electron chi connectivity index (χ0n) is 13.0. The lowest BCUT2D eigenvalue weighted by Gasteiger charge is -2.26. The monoisotopic (exact) mass is 285 g/mol. The highest BCUT2D eigenvalue weighted by atomic mass is 14.9. The molecule has 1 N–H and O–H groups in total. The maximum absolute atomic E-state index is 4.95. The number of hydrogen-bond acceptors (Lipinski definition) is 3. The molecule has 3 aliphatic carbocycles. The molecule has 2 fully saturated rings. The number of aromatic nitrogens is 2. The Kier molecular flexibility index (Phi) is 3.93. The molecular formula is C18H27N3. The van der Waals surface area contributed by atoms with E-state index in [9.17, 15) is 0 Å². The first kappa shape index (κ1) is 13.7. The third kappa shape index (κ3) is 3.28. The fraction of sp³-hybridized carbons (Fsp3) is 0.778. The van der Waals surface area contributed by atoms with E-state index in [4.69, 9.17) is 9.97 Å². The first-order valence-electron chi connectivity index (χ1n) is 8.96. The summed E-state index contributed by atoms with van der Waals surface area (Å²) >= 11 is 0. The van der Waals surface area contributed by atoms with Gasteiger partial charge in [-0.3, -0.25) is 0 Å². The molecule has 3 nitrogen and oxygen atoms in total. The summed E-state index contributed by atoms with van der Waals surface area (Å²) in [6.07, 6.45) is 15.3. The summed E-state index contributed by atoms with van der Waals surface area (Å²) in [5, 5.41) is 3.68. The van der Waals surface area contributed by atoms with E-state index < -0.39 is 0 Å². The molecule has 0 saturated heterocycles. The van der Waals surface area contributed by atoms with Crippen LogP contribution in [0.3, 0.4) is 0 Å². The van der Waals surface area contributed by atoms with Crippen LogP contribution in [0.2, 0.25) is 0 Å². The minimum absolute atomic E-state index is 0.637. The lowest BCUT2D eigenvalue weighted by atomic mass is 9.86. The van der Waals surface area contributed by atoms with E-state index in [1.54, 1.807) is 0 Å². The Labute approximate surface area is 128 Å². The number of aryl methyl sites for hydroxylation is 1. The van der Waals surface area contributed by atoms with Gasteiger partial charge in [0.05, 0.1) is 0 Å². The molecule has 3 heteroatoms. The summed E-state index contributed by atoms with van der Waals surface area (Å²) in [5.74, 6) is 2.57. The Hall–Kier alpha value is -0.960. The van der Waals surface area contributed by atoms with Crippen LogP contribution in [0.1, 0.15) is 74.4 Å². The normalized spacial score (nSPS) is 26.6. The Morgan fingerprint density at radius 2 is 1.90 bits per heavy atom. The van der Waals surface area contributed by atoms with Crippen molar-refractivity contribution in [3.05, 3.63) is 23.3 Å². The number of fused-ring (bicyclic) bond motifs is 1. The smallest absolute Gasteiger partial charge is 0.131 e. The Bertz CT molecular complexity index is 489. The van der Waals surface area contributed by atoms with Gasteiger partial charge in [-0.25, -0.2) is 9.97 Å². The van der Waals surface area contributed by atoms with Gasteiger partial charge in [0.15, 0.2) is 0 Å². The van der Waals surface area contributed by atoms with Crippen molar-refractivity contribution in [3.63, 3.8) is 0 Å². The van der Waals surface area contributed by atoms with Crippen molar-refractivity contribution < 1.29 is 0 Å². The lowest BCUT2D eigenvalue weighted by Crippen LogP contribution is -2.29. The van der Waals surface area contributed by atoms with Crippen LogP contribution in [0, 0.1) is 5.92 Å². The molecule has 1 unspecified atom stereocenters. The quantitative estimate of drug-likeness (QED) is 0.921. The largest absolute Gasteiger partial charge is 0.314 e. The number of nitrogens with zero attached hydrogens (tertiary/aromatic N) is 2. The van der Waals surface area contributed by atoms with Crippen LogP contribution in [-0.2, 0) is 12.8 Å². The van der Waals surface area contributed by atoms with Gasteiger partial charge in [0, 0.05) is 23.9 Å². The maximum atomic E-state index is 4.95. The third-order valence-electron chi connectivity index (χ3n) is 5.51. The molecule has 1 aromatic rings. The van der Waals surface area contributed by atoms with Crippen molar-refractivity contribution in [2.45, 2.75) is 76.2 Å². The van der Waals surface area contributed by atoms with E-state index in [1.807, 2.05) is 0 Å². The average Bonchev–Trinajstić information content (AvgIpc) is 3.37. The van der Waals surface area contributed by atoms with Crippen LogP contribution in [0.4, 0.5) is 0 Å². The molecule has 0 aromatic carbocycles. The Balaban J connectivity index is 1.41. The molecule has 0 aliphatic heterocycles. The highest BCUT2D eigenvalue weighted by molar-refractivity contribution is 5.22. The second kappa shape index (κ2) is 6.04. The van der Waals surface area contributed by atoms with Crippen LogP contribution in [0.15, 0.2) is 6.20 Å². The van der Waals surface area contributed by atoms with Gasteiger partial charge in [-0.1, -0.05) is 19.3 Å². The fourth-order valence-electron chi connectivity index (χ4n) is 3.95. The minimum atomic E-state index is 0.637. The molecule has 0 spiro atoms. The van der Waals surface area contributed by atoms with Crippen molar-refractivity contribution in [3.8, 4) is 0 Å². The van der Waals surface area contributed by atoms with Crippen LogP contribution < -0.4 is 5.32 Å². The molecule has 1 atom stereocenters. The molecule has 4 rings (SSSR count). The fourth-order valence-corrected chi connectivity index (χ4v) is 3.95. The van der Waals surface area contributed by atoms with E-state index in [1.165, 1.54) is 75.6 Å². The van der Waals surface area contributed by atoms with E-state index in [0.717, 1.165) is 24.2 Å². The summed E-state index contributed by atoms with van der Waals surface area (Å²) in [6.45, 7) is 1.19. The van der Waals surface area contributed by atoms with E-state index in [0.29, 0.717) is 5.92 Å². The number of hydrogen-bond donors (Lipinski definition) is 1. The highest BCUT2D eigenvalue weighted by Gasteiger charge is 2.26. The van der Waals surface area contributed by atoms with Gasteiger partial charge in [0.1, 0.15) is 5.82 Å². The summed E-state index contributed by atoms with van der Waals surface area (Å²) in [5.41, 5.74) is 2.77. The van der Waals surface area contributed by atoms with Crippen molar-refractivity contribution >= 4 is 0 Å². The summed E-state index contributed by atoms with van der Waals surface area (Å²) in [6, 6.07) is 0.830. The van der Waals surface area contributed by atoms with E-state index >= 15 is 0 Å². The summed E-state index contributed by atoms with van der Waals surface area (Å²) in [4.78, 5) is 9.67. The highest BCUT2D eigenvalue weighted by Crippen LogP contribution is 2.32. The van der Waals surface area contributed by atoms with Crippen LogP contribution in [0.5, 0.6) is 0 Å². The van der Waals surface area contributed by atoms with E-state index in [2.05, 4.69) is 11.5 Å². The maximum Gasteiger partial charge on any atom is 0.131 e. The van der Waals surface area contributed by atoms with Crippen LogP contribution in [0.25, 0.3) is 0 Å². The first-order chi connectivity index (χ1) is 10.4. The molecular weight excluding hydrogens is 258 g/mol. The predicted molar refractivity (Wildman–Crippen MR) is 84.4 cm³/mol. The van der Waals surface area contributed by atoms with Gasteiger partial charge in [-0.15, -0.1) is 0 Å². The summed E-state index contributed by atoms with van der Waals surface area (Å²) < 4.78 is 0. The zero-order chi connectivity index (χ0) is 14.1. The van der Waals surface area contributed by atoms with Gasteiger partial charge in [-0.2, -0.15) is 0 Å². The molecule has 21 heavy (non-hydrogen) atoms. The van der Waals surface area contributed by atoms with Gasteiger partial charge >= 0.3 is 0 Å². The van der Waals surface area contributed by atoms with Crippen molar-refractivity contribution in [2.24, 2.45) is 5.92 Å². The Morgan fingerprint density at radius 1 is 1.05 bits per heavy atom. The number of rotatable bonds is 4. The SMILES string of the molecule is c1nc(C2CCCCC2)nc2c1CC(CNC1CC1)CC2. The van der Waals surface area contributed by atoms with Gasteiger partial charge in [0.2, 0.25) is 0 Å². The second-order valence-corrected chi connectivity index (χ2v) is 7.33. The molecule has 0 radical (unpaired) electrons. The minimum Gasteiger partial charge on any atom is -0.314 e. The van der Waals surface area contributed by atoms with Crippen LogP contribution in [-0.4, -0.2) is 22.6 Å². The lowest BCUT2D eigenvalue weighted by molar-refractivity contribution is 0.407.